The van der Waals surface area contributed by atoms with E-state index >= 15 is 0 Å². The number of anilines is 2. The molecule has 0 radical (unpaired) electrons. The molecule has 0 saturated carbocycles. The lowest BCUT2D eigenvalue weighted by Crippen LogP contribution is -2.48. The predicted molar refractivity (Wildman–Crippen MR) is 130 cm³/mol. The Balaban J connectivity index is 1.94. The van der Waals surface area contributed by atoms with Gasteiger partial charge in [-0.15, -0.1) is 0 Å². The van der Waals surface area contributed by atoms with Crippen LogP contribution < -0.4 is 19.7 Å². The smallest absolute Gasteiger partial charge is 0.426 e. The van der Waals surface area contributed by atoms with Crippen LogP contribution in [0.1, 0.15) is 27.7 Å². The monoisotopic (exact) mass is 561 g/mol. The van der Waals surface area contributed by atoms with E-state index in [1.165, 1.54) is 45.9 Å². The molecule has 0 saturated heterocycles. The van der Waals surface area contributed by atoms with Crippen LogP contribution in [0.5, 0.6) is 5.75 Å². The molecule has 2 N–H and O–H groups in total. The van der Waals surface area contributed by atoms with Crippen LogP contribution in [0.2, 0.25) is 0 Å². The number of amides is 2. The molecule has 0 aromatic heterocycles. The number of rotatable bonds is 6. The summed E-state index contributed by atoms with van der Waals surface area (Å²) in [6.45, 7) is 4.80. The zero-order valence-corrected chi connectivity index (χ0v) is 21.7. The van der Waals surface area contributed by atoms with Gasteiger partial charge < -0.3 is 14.8 Å². The number of sulfonamides is 1. The van der Waals surface area contributed by atoms with Crippen molar-refractivity contribution in [2.24, 2.45) is 5.41 Å². The molecule has 2 atom stereocenters. The highest BCUT2D eigenvalue weighted by atomic mass is 32.2. The lowest BCUT2D eigenvalue weighted by molar-refractivity contribution is -0.229. The summed E-state index contributed by atoms with van der Waals surface area (Å²) in [4.78, 5) is 23.5. The van der Waals surface area contributed by atoms with Crippen LogP contribution in [0.4, 0.5) is 33.7 Å². The molecule has 0 unspecified atom stereocenters. The van der Waals surface area contributed by atoms with Crippen molar-refractivity contribution in [3.05, 3.63) is 48.3 Å². The fourth-order valence-electron chi connectivity index (χ4n) is 3.70. The number of carbonyl (C=O) groups is 2. The maximum atomic E-state index is 13.5. The number of halogens is 4. The summed E-state index contributed by atoms with van der Waals surface area (Å²) >= 11 is 0. The van der Waals surface area contributed by atoms with Crippen LogP contribution in [0.15, 0.2) is 47.4 Å². The molecule has 2 aromatic carbocycles. The molecule has 14 heteroatoms. The number of nitrogens with zero attached hydrogens (tertiary/aromatic N) is 1. The molecular weight excluding hydrogens is 534 g/mol. The van der Waals surface area contributed by atoms with Crippen molar-refractivity contribution in [2.75, 3.05) is 22.7 Å². The van der Waals surface area contributed by atoms with Gasteiger partial charge in [0.15, 0.2) is 0 Å². The first-order chi connectivity index (χ1) is 17.5. The third kappa shape index (κ3) is 6.85. The van der Waals surface area contributed by atoms with E-state index in [0.717, 1.165) is 28.6 Å². The molecule has 38 heavy (non-hydrogen) atoms. The summed E-state index contributed by atoms with van der Waals surface area (Å²) in [5.41, 5.74) is -1.54. The largest absolute Gasteiger partial charge is 0.484 e. The topological polar surface area (TPSA) is 114 Å². The van der Waals surface area contributed by atoms with Gasteiger partial charge in [0.25, 0.3) is 10.0 Å². The zero-order valence-electron chi connectivity index (χ0n) is 20.9. The third-order valence-corrected chi connectivity index (χ3v) is 7.22. The molecule has 0 fully saturated rings. The van der Waals surface area contributed by atoms with E-state index in [1.54, 1.807) is 0 Å². The lowest BCUT2D eigenvalue weighted by atomic mass is 9.88. The van der Waals surface area contributed by atoms with Gasteiger partial charge in [0.2, 0.25) is 12.0 Å². The molecule has 3 rings (SSSR count). The summed E-state index contributed by atoms with van der Waals surface area (Å²) in [5.74, 6) is -0.941. The number of benzene rings is 2. The first-order valence-corrected chi connectivity index (χ1v) is 12.8. The number of hydrogen-bond donors (Lipinski definition) is 2. The van der Waals surface area contributed by atoms with Crippen molar-refractivity contribution in [1.29, 1.82) is 0 Å². The molecule has 9 nitrogen and oxygen atoms in total. The van der Waals surface area contributed by atoms with Crippen molar-refractivity contribution in [3.8, 4) is 5.75 Å². The first-order valence-electron chi connectivity index (χ1n) is 11.4. The number of alkyl halides is 3. The van der Waals surface area contributed by atoms with Crippen molar-refractivity contribution >= 4 is 33.4 Å². The highest BCUT2D eigenvalue weighted by Crippen LogP contribution is 2.40. The van der Waals surface area contributed by atoms with Crippen molar-refractivity contribution in [1.82, 2.24) is 5.32 Å². The van der Waals surface area contributed by atoms with Crippen LogP contribution in [0.3, 0.4) is 0 Å². The van der Waals surface area contributed by atoms with Gasteiger partial charge in [-0.05, 0) is 42.5 Å². The molecular formula is C24H27F4N3O6S. The minimum atomic E-state index is -4.82. The van der Waals surface area contributed by atoms with Crippen LogP contribution in [-0.2, 0) is 19.6 Å². The van der Waals surface area contributed by atoms with Crippen molar-refractivity contribution < 1.29 is 45.0 Å². The van der Waals surface area contributed by atoms with Gasteiger partial charge in [0.1, 0.15) is 17.7 Å². The summed E-state index contributed by atoms with van der Waals surface area (Å²) in [6, 6.07) is 7.92. The van der Waals surface area contributed by atoms with Gasteiger partial charge in [-0.3, -0.25) is 14.4 Å². The van der Waals surface area contributed by atoms with Gasteiger partial charge in [-0.1, -0.05) is 20.8 Å². The van der Waals surface area contributed by atoms with E-state index in [4.69, 9.17) is 4.74 Å². The second-order valence-corrected chi connectivity index (χ2v) is 11.5. The Labute approximate surface area is 217 Å². The van der Waals surface area contributed by atoms with Crippen molar-refractivity contribution in [2.45, 2.75) is 51.0 Å². The number of fused-ring (bicyclic) bond motifs is 1. The van der Waals surface area contributed by atoms with E-state index in [1.807, 2.05) is 0 Å². The molecule has 2 amide bonds. The molecule has 208 valence electrons. The van der Waals surface area contributed by atoms with E-state index < -0.39 is 45.7 Å². The van der Waals surface area contributed by atoms with E-state index in [9.17, 15) is 35.6 Å². The minimum absolute atomic E-state index is 0.0256. The summed E-state index contributed by atoms with van der Waals surface area (Å²) in [7, 11) is -4.29. The second-order valence-electron chi connectivity index (χ2n) is 9.67. The quantitative estimate of drug-likeness (QED) is 0.504. The number of hydrogen-bond acceptors (Lipinski definition) is 6. The maximum Gasteiger partial charge on any atom is 0.426 e. The van der Waals surface area contributed by atoms with Gasteiger partial charge in [-0.25, -0.2) is 17.6 Å². The fourth-order valence-corrected chi connectivity index (χ4v) is 5.20. The molecule has 1 aliphatic rings. The number of nitrogens with one attached hydrogen (secondary N) is 2. The predicted octanol–water partition coefficient (Wildman–Crippen LogP) is 4.44. The molecule has 0 aliphatic carbocycles. The summed E-state index contributed by atoms with van der Waals surface area (Å²) < 4.78 is 92.0. The molecule has 2 aromatic rings. The SMILES string of the molecule is CC(=O)NC[C@H]1CN(S(=O)(=O)c2ccc(F)cc2)c2cc(NC(=O)O[C@H](C(C)(C)C)C(F)(F)F)ccc2O1. The minimum Gasteiger partial charge on any atom is -0.484 e. The first kappa shape index (κ1) is 29.0. The summed E-state index contributed by atoms with van der Waals surface area (Å²) in [6.07, 6.45) is -9.41. The maximum absolute atomic E-state index is 13.5. The Bertz CT molecular complexity index is 1280. The Morgan fingerprint density at radius 3 is 2.32 bits per heavy atom. The van der Waals surface area contributed by atoms with Crippen LogP contribution >= 0.6 is 0 Å². The van der Waals surface area contributed by atoms with Gasteiger partial charge >= 0.3 is 12.3 Å². The lowest BCUT2D eigenvalue weighted by Gasteiger charge is -2.36. The van der Waals surface area contributed by atoms with Crippen LogP contribution in [0, 0.1) is 11.2 Å². The third-order valence-electron chi connectivity index (χ3n) is 5.43. The van der Waals surface area contributed by atoms with Gasteiger partial charge in [0.05, 0.1) is 23.7 Å². The van der Waals surface area contributed by atoms with E-state index in [-0.39, 0.29) is 41.0 Å². The van der Waals surface area contributed by atoms with Gasteiger partial charge in [0, 0.05) is 18.0 Å². The van der Waals surface area contributed by atoms with Gasteiger partial charge in [-0.2, -0.15) is 13.2 Å². The number of ether oxygens (including phenoxy) is 2. The molecule has 1 aliphatic heterocycles. The molecule has 1 heterocycles. The van der Waals surface area contributed by atoms with Crippen LogP contribution in [-0.4, -0.2) is 51.9 Å². The van der Waals surface area contributed by atoms with Crippen molar-refractivity contribution in [3.63, 3.8) is 0 Å². The molecule has 0 spiro atoms. The zero-order chi connectivity index (χ0) is 28.5. The standard InChI is InChI=1S/C24H27F4N3O6S/c1-14(32)29-12-17-13-31(38(34,35)18-8-5-15(25)6-9-18)19-11-16(7-10-20(19)36-17)30-22(33)37-21(23(2,3)4)24(26,27)28/h5-11,17,21H,12-13H2,1-4H3,(H,29,32)(H,30,33)/t17-,21+/m0/s1. The molecule has 0 bridgehead atoms. The second kappa shape index (κ2) is 10.7. The Kier molecular flexibility index (Phi) is 8.15. The highest BCUT2D eigenvalue weighted by molar-refractivity contribution is 7.92. The van der Waals surface area contributed by atoms with Crippen LogP contribution in [0.25, 0.3) is 0 Å². The average molecular weight is 562 g/mol. The van der Waals surface area contributed by atoms with E-state index in [0.29, 0.717) is 0 Å². The highest BCUT2D eigenvalue weighted by Gasteiger charge is 2.50. The average Bonchev–Trinajstić information content (AvgIpc) is 2.79. The Morgan fingerprint density at radius 2 is 1.76 bits per heavy atom. The Hall–Kier alpha value is -3.55. The number of carbonyl (C=O) groups excluding carboxylic acids is 2. The van der Waals surface area contributed by atoms with E-state index in [2.05, 4.69) is 15.4 Å². The Morgan fingerprint density at radius 1 is 1.13 bits per heavy atom. The fraction of sp³-hybridized carbons (Fsp3) is 0.417. The summed E-state index contributed by atoms with van der Waals surface area (Å²) in [5, 5.41) is 4.74. The normalized spacial score (nSPS) is 16.6.